The molecule has 6 heteroatoms. The van der Waals surface area contributed by atoms with Crippen molar-refractivity contribution in [2.75, 3.05) is 11.4 Å². The summed E-state index contributed by atoms with van der Waals surface area (Å²) in [6.45, 7) is 5.84. The summed E-state index contributed by atoms with van der Waals surface area (Å²) in [7, 11) is 0. The molecule has 174 valence electrons. The molecule has 1 amide bonds. The number of esters is 1. The van der Waals surface area contributed by atoms with Crippen molar-refractivity contribution in [3.63, 3.8) is 0 Å². The summed E-state index contributed by atoms with van der Waals surface area (Å²) in [4.78, 5) is 39.3. The second-order valence-electron chi connectivity index (χ2n) is 8.56. The third kappa shape index (κ3) is 5.17. The highest BCUT2D eigenvalue weighted by atomic mass is 16.5. The molecule has 0 bridgehead atoms. The van der Waals surface area contributed by atoms with Gasteiger partial charge < -0.3 is 14.4 Å². The first-order chi connectivity index (χ1) is 16.3. The highest BCUT2D eigenvalue weighted by molar-refractivity contribution is 6.02. The molecule has 4 rings (SSSR count). The number of Topliss-reactive ketones (excluding diaryl/α,β-unsaturated/α-hetero) is 1. The molecule has 6 nitrogen and oxygen atoms in total. The van der Waals surface area contributed by atoms with Crippen LogP contribution in [-0.2, 0) is 14.3 Å². The Bertz CT molecular complexity index is 1200. The van der Waals surface area contributed by atoms with E-state index in [2.05, 4.69) is 0 Å². The van der Waals surface area contributed by atoms with E-state index in [-0.39, 0.29) is 24.7 Å². The van der Waals surface area contributed by atoms with Crippen LogP contribution in [0.4, 0.5) is 5.69 Å². The van der Waals surface area contributed by atoms with E-state index < -0.39 is 18.0 Å². The van der Waals surface area contributed by atoms with Crippen LogP contribution in [0, 0.1) is 19.8 Å². The number of carbonyl (C=O) groups is 3. The quantitative estimate of drug-likeness (QED) is 0.357. The van der Waals surface area contributed by atoms with E-state index in [1.165, 1.54) is 5.56 Å². The number of amides is 1. The smallest absolute Gasteiger partial charge is 0.312 e. The molecule has 0 aromatic heterocycles. The minimum absolute atomic E-state index is 0.0476. The molecule has 3 aromatic carbocycles. The van der Waals surface area contributed by atoms with Crippen molar-refractivity contribution in [1.29, 1.82) is 0 Å². The van der Waals surface area contributed by atoms with Crippen molar-refractivity contribution in [3.8, 4) is 11.5 Å². The highest BCUT2D eigenvalue weighted by Gasteiger charge is 2.37. The Kier molecular flexibility index (Phi) is 6.77. The van der Waals surface area contributed by atoms with Gasteiger partial charge in [0.15, 0.2) is 6.10 Å². The number of aryl methyl sites for hydroxylation is 2. The van der Waals surface area contributed by atoms with Gasteiger partial charge in [-0.15, -0.1) is 0 Å². The predicted molar refractivity (Wildman–Crippen MR) is 129 cm³/mol. The number of ketones is 1. The topological polar surface area (TPSA) is 72.9 Å². The second-order valence-corrected chi connectivity index (χ2v) is 8.56. The van der Waals surface area contributed by atoms with E-state index in [1.54, 1.807) is 60.4 Å². The first-order valence-electron chi connectivity index (χ1n) is 11.3. The van der Waals surface area contributed by atoms with Gasteiger partial charge in [0.2, 0.25) is 11.7 Å². The van der Waals surface area contributed by atoms with Crippen LogP contribution in [0.1, 0.15) is 34.8 Å². The van der Waals surface area contributed by atoms with Gasteiger partial charge in [-0.25, -0.2) is 0 Å². The fraction of sp³-hybridized carbons (Fsp3) is 0.250. The van der Waals surface area contributed by atoms with Crippen LogP contribution in [0.2, 0.25) is 0 Å². The van der Waals surface area contributed by atoms with Crippen molar-refractivity contribution >= 4 is 23.3 Å². The second kappa shape index (κ2) is 9.91. The Hall–Kier alpha value is -3.93. The fourth-order valence-corrected chi connectivity index (χ4v) is 3.88. The van der Waals surface area contributed by atoms with Crippen molar-refractivity contribution in [3.05, 3.63) is 89.5 Å². The van der Waals surface area contributed by atoms with Gasteiger partial charge in [0.1, 0.15) is 11.5 Å². The molecular formula is C28H27NO5. The fourth-order valence-electron chi connectivity index (χ4n) is 3.88. The summed E-state index contributed by atoms with van der Waals surface area (Å²) in [6.07, 6.45) is -0.868. The number of nitrogens with zero attached hydrogens (tertiary/aromatic N) is 1. The molecule has 2 atom stereocenters. The lowest BCUT2D eigenvalue weighted by Crippen LogP contribution is -2.30. The van der Waals surface area contributed by atoms with Crippen molar-refractivity contribution in [2.24, 2.45) is 5.92 Å². The van der Waals surface area contributed by atoms with E-state index in [4.69, 9.17) is 9.47 Å². The zero-order valence-electron chi connectivity index (χ0n) is 19.5. The predicted octanol–water partition coefficient (Wildman–Crippen LogP) is 5.26. The third-order valence-electron chi connectivity index (χ3n) is 6.04. The number of hydrogen-bond acceptors (Lipinski definition) is 5. The molecule has 0 spiro atoms. The number of hydrogen-bond donors (Lipinski definition) is 0. The van der Waals surface area contributed by atoms with E-state index in [1.807, 2.05) is 38.1 Å². The van der Waals surface area contributed by atoms with Crippen LogP contribution in [-0.4, -0.2) is 30.3 Å². The lowest BCUT2D eigenvalue weighted by molar-refractivity contribution is -0.151. The molecule has 0 radical (unpaired) electrons. The Morgan fingerprint density at radius 3 is 2.26 bits per heavy atom. The molecule has 1 fully saturated rings. The molecule has 1 heterocycles. The Morgan fingerprint density at radius 2 is 1.59 bits per heavy atom. The maximum atomic E-state index is 12.6. The van der Waals surface area contributed by atoms with Gasteiger partial charge in [-0.1, -0.05) is 36.4 Å². The molecule has 1 saturated heterocycles. The van der Waals surface area contributed by atoms with Gasteiger partial charge in [0.25, 0.3) is 0 Å². The molecular weight excluding hydrogens is 430 g/mol. The monoisotopic (exact) mass is 457 g/mol. The zero-order valence-corrected chi connectivity index (χ0v) is 19.5. The van der Waals surface area contributed by atoms with Crippen molar-refractivity contribution < 1.29 is 23.9 Å². The summed E-state index contributed by atoms with van der Waals surface area (Å²) in [5.41, 5.74) is 3.51. The average Bonchev–Trinajstić information content (AvgIpc) is 3.23. The van der Waals surface area contributed by atoms with Crippen LogP contribution in [0.15, 0.2) is 72.8 Å². The third-order valence-corrected chi connectivity index (χ3v) is 6.04. The first kappa shape index (κ1) is 23.2. The Morgan fingerprint density at radius 1 is 0.912 bits per heavy atom. The SMILES string of the molecule is Cc1ccc(Oc2ccc(N3C[C@@H](C(=O)O[C@@H](C)C(=O)c4ccccc4)CC3=O)cc2)cc1C. The summed E-state index contributed by atoms with van der Waals surface area (Å²) >= 11 is 0. The van der Waals surface area contributed by atoms with E-state index in [0.29, 0.717) is 17.0 Å². The lowest BCUT2D eigenvalue weighted by atomic mass is 10.1. The molecule has 3 aromatic rings. The number of anilines is 1. The number of carbonyl (C=O) groups excluding carboxylic acids is 3. The summed E-state index contributed by atoms with van der Waals surface area (Å²) in [5, 5.41) is 0. The van der Waals surface area contributed by atoms with Crippen molar-refractivity contribution in [1.82, 2.24) is 0 Å². The maximum Gasteiger partial charge on any atom is 0.312 e. The van der Waals surface area contributed by atoms with Crippen LogP contribution in [0.25, 0.3) is 0 Å². The van der Waals surface area contributed by atoms with Gasteiger partial charge >= 0.3 is 5.97 Å². The molecule has 0 N–H and O–H groups in total. The minimum Gasteiger partial charge on any atom is -0.457 e. The minimum atomic E-state index is -0.916. The van der Waals surface area contributed by atoms with Gasteiger partial charge in [-0.2, -0.15) is 0 Å². The van der Waals surface area contributed by atoms with Crippen molar-refractivity contribution in [2.45, 2.75) is 33.3 Å². The number of ether oxygens (including phenoxy) is 2. The molecule has 34 heavy (non-hydrogen) atoms. The number of benzene rings is 3. The van der Waals surface area contributed by atoms with E-state index in [0.717, 1.165) is 11.3 Å². The van der Waals surface area contributed by atoms with Gasteiger partial charge in [-0.05, 0) is 68.3 Å². The average molecular weight is 458 g/mol. The zero-order chi connectivity index (χ0) is 24.2. The highest BCUT2D eigenvalue weighted by Crippen LogP contribution is 2.30. The van der Waals surface area contributed by atoms with Gasteiger partial charge in [0, 0.05) is 24.2 Å². The van der Waals surface area contributed by atoms with Crippen LogP contribution < -0.4 is 9.64 Å². The van der Waals surface area contributed by atoms with E-state index in [9.17, 15) is 14.4 Å². The van der Waals surface area contributed by atoms with Gasteiger partial charge in [0.05, 0.1) is 5.92 Å². The molecule has 1 aliphatic heterocycles. The maximum absolute atomic E-state index is 12.6. The van der Waals surface area contributed by atoms with Gasteiger partial charge in [-0.3, -0.25) is 14.4 Å². The molecule has 0 aliphatic carbocycles. The van der Waals surface area contributed by atoms with E-state index >= 15 is 0 Å². The lowest BCUT2D eigenvalue weighted by Gasteiger charge is -2.18. The molecule has 0 saturated carbocycles. The number of rotatable bonds is 7. The summed E-state index contributed by atoms with van der Waals surface area (Å²) in [6, 6.07) is 21.8. The summed E-state index contributed by atoms with van der Waals surface area (Å²) in [5.74, 6) is -0.188. The summed E-state index contributed by atoms with van der Waals surface area (Å²) < 4.78 is 11.3. The molecule has 1 aliphatic rings. The molecule has 0 unspecified atom stereocenters. The van der Waals surface area contributed by atoms with Crippen LogP contribution in [0.5, 0.6) is 11.5 Å². The Balaban J connectivity index is 1.36. The standard InChI is InChI=1S/C28H27NO5/c1-18-9-12-25(15-19(18)2)34-24-13-10-23(11-14-24)29-17-22(16-26(29)30)28(32)33-20(3)27(31)21-7-5-4-6-8-21/h4-15,20,22H,16-17H2,1-3H3/t20-,22-/m0/s1. The Labute approximate surface area is 199 Å². The van der Waals surface area contributed by atoms with Crippen LogP contribution in [0.3, 0.4) is 0 Å². The van der Waals surface area contributed by atoms with Crippen LogP contribution >= 0.6 is 0 Å². The first-order valence-corrected chi connectivity index (χ1v) is 11.3. The largest absolute Gasteiger partial charge is 0.457 e. The normalized spacial score (nSPS) is 16.3.